The Bertz CT molecular complexity index is 1260. The van der Waals surface area contributed by atoms with E-state index >= 15 is 0 Å². The summed E-state index contributed by atoms with van der Waals surface area (Å²) in [4.78, 5) is 35.1. The summed E-state index contributed by atoms with van der Waals surface area (Å²) in [6.45, 7) is 11.3. The second-order valence-electron chi connectivity index (χ2n) is 8.14. The van der Waals surface area contributed by atoms with Gasteiger partial charge in [0.1, 0.15) is 23.1 Å². The lowest BCUT2D eigenvalue weighted by atomic mass is 9.97. The minimum absolute atomic E-state index is 0.0317. The summed E-state index contributed by atoms with van der Waals surface area (Å²) in [6, 6.07) is 7.91. The number of aromatic nitrogens is 2. The number of urea groups is 1. The van der Waals surface area contributed by atoms with E-state index in [1.807, 2.05) is 40.7 Å². The van der Waals surface area contributed by atoms with Crippen molar-refractivity contribution in [1.82, 2.24) is 20.6 Å². The molecule has 0 radical (unpaired) electrons. The van der Waals surface area contributed by atoms with Crippen LogP contribution in [0.5, 0.6) is 0 Å². The number of nitrogens with one attached hydrogen (secondary N) is 2. The molecule has 7 nitrogen and oxygen atoms in total. The number of amides is 3. The number of carbonyl (C=O) groups is 2. The zero-order chi connectivity index (χ0) is 25.9. The Hall–Kier alpha value is -3.88. The van der Waals surface area contributed by atoms with Gasteiger partial charge in [0.15, 0.2) is 5.82 Å². The van der Waals surface area contributed by atoms with Crippen LogP contribution in [-0.2, 0) is 6.54 Å². The molecule has 184 valence electrons. The average molecular weight is 482 g/mol. The van der Waals surface area contributed by atoms with E-state index in [-0.39, 0.29) is 24.3 Å². The van der Waals surface area contributed by atoms with Crippen molar-refractivity contribution in [2.24, 2.45) is 0 Å². The van der Waals surface area contributed by atoms with Crippen LogP contribution in [0.3, 0.4) is 0 Å². The average Bonchev–Trinajstić information content (AvgIpc) is 2.81. The monoisotopic (exact) mass is 481 g/mol. The lowest BCUT2D eigenvalue weighted by Crippen LogP contribution is -2.43. The first-order valence-corrected chi connectivity index (χ1v) is 11.5. The van der Waals surface area contributed by atoms with Crippen molar-refractivity contribution in [3.63, 3.8) is 0 Å². The minimum Gasteiger partial charge on any atom is -0.350 e. The molecular formula is C26H29F2N5O2. The van der Waals surface area contributed by atoms with Gasteiger partial charge in [-0.25, -0.2) is 28.4 Å². The zero-order valence-corrected chi connectivity index (χ0v) is 20.7. The normalized spacial score (nSPS) is 12.5. The second-order valence-corrected chi connectivity index (χ2v) is 8.14. The molecule has 0 spiro atoms. The molecule has 2 heterocycles. The summed E-state index contributed by atoms with van der Waals surface area (Å²) in [7, 11) is 0. The molecule has 2 N–H and O–H groups in total. The highest BCUT2D eigenvalue weighted by Gasteiger charge is 2.33. The summed E-state index contributed by atoms with van der Waals surface area (Å²) in [5.41, 5.74) is 2.42. The van der Waals surface area contributed by atoms with Gasteiger partial charge in [0, 0.05) is 22.7 Å². The zero-order valence-electron chi connectivity index (χ0n) is 20.7. The Morgan fingerprint density at radius 3 is 2.37 bits per heavy atom. The van der Waals surface area contributed by atoms with Crippen molar-refractivity contribution < 1.29 is 18.4 Å². The van der Waals surface area contributed by atoms with E-state index < -0.39 is 23.4 Å². The first kappa shape index (κ1) is 25.7. The van der Waals surface area contributed by atoms with Gasteiger partial charge in [-0.1, -0.05) is 26.0 Å². The van der Waals surface area contributed by atoms with Crippen LogP contribution in [0.25, 0.3) is 11.3 Å². The quantitative estimate of drug-likeness (QED) is 0.510. The molecule has 1 aliphatic heterocycles. The second kappa shape index (κ2) is 10.6. The lowest BCUT2D eigenvalue weighted by Gasteiger charge is -2.30. The van der Waals surface area contributed by atoms with E-state index in [1.54, 1.807) is 19.1 Å². The van der Waals surface area contributed by atoms with Crippen LogP contribution in [0.4, 0.5) is 25.1 Å². The first-order valence-electron chi connectivity index (χ1n) is 11.5. The first-order chi connectivity index (χ1) is 16.7. The molecule has 1 aromatic heterocycles. The van der Waals surface area contributed by atoms with Crippen LogP contribution in [0.15, 0.2) is 36.4 Å². The Morgan fingerprint density at radius 2 is 1.74 bits per heavy atom. The number of nitrogens with zero attached hydrogens (tertiary/aromatic N) is 3. The van der Waals surface area contributed by atoms with Gasteiger partial charge >= 0.3 is 6.03 Å². The Labute approximate surface area is 203 Å². The van der Waals surface area contributed by atoms with Gasteiger partial charge < -0.3 is 10.6 Å². The molecular weight excluding hydrogens is 452 g/mol. The van der Waals surface area contributed by atoms with Crippen molar-refractivity contribution in [3.8, 4) is 11.3 Å². The van der Waals surface area contributed by atoms with E-state index in [0.29, 0.717) is 28.2 Å². The number of rotatable bonds is 4. The highest BCUT2D eigenvalue weighted by molar-refractivity contribution is 6.02. The van der Waals surface area contributed by atoms with Crippen molar-refractivity contribution in [3.05, 3.63) is 70.5 Å². The number of para-hydroxylation sites is 1. The molecule has 0 saturated heterocycles. The lowest BCUT2D eigenvalue weighted by molar-refractivity contribution is 0.0943. The molecule has 3 amide bonds. The fourth-order valence-electron chi connectivity index (χ4n) is 3.76. The summed E-state index contributed by atoms with van der Waals surface area (Å²) >= 11 is 0. The number of carbonyl (C=O) groups excluding carboxylic acids is 2. The predicted molar refractivity (Wildman–Crippen MR) is 132 cm³/mol. The molecule has 35 heavy (non-hydrogen) atoms. The van der Waals surface area contributed by atoms with Crippen LogP contribution in [0.1, 0.15) is 55.0 Å². The summed E-state index contributed by atoms with van der Waals surface area (Å²) < 4.78 is 29.2. The fraction of sp³-hybridized carbons (Fsp3) is 0.308. The molecule has 9 heteroatoms. The van der Waals surface area contributed by atoms with Crippen molar-refractivity contribution in [2.45, 2.75) is 54.1 Å². The number of aryl methyl sites for hydroxylation is 2. The summed E-state index contributed by atoms with van der Waals surface area (Å²) in [6.07, 6.45) is 0. The predicted octanol–water partition coefficient (Wildman–Crippen LogP) is 5.56. The number of anilines is 2. The molecule has 4 rings (SSSR count). The summed E-state index contributed by atoms with van der Waals surface area (Å²) in [5.74, 6) is -1.59. The fourth-order valence-corrected chi connectivity index (χ4v) is 3.76. The maximum absolute atomic E-state index is 14.6. The Morgan fingerprint density at radius 1 is 1.09 bits per heavy atom. The largest absolute Gasteiger partial charge is 0.350 e. The maximum atomic E-state index is 14.6. The Kier molecular flexibility index (Phi) is 7.78. The van der Waals surface area contributed by atoms with Gasteiger partial charge in [-0.2, -0.15) is 0 Å². The molecule has 2 aromatic carbocycles. The van der Waals surface area contributed by atoms with Crippen LogP contribution < -0.4 is 15.5 Å². The van der Waals surface area contributed by atoms with Gasteiger partial charge in [-0.3, -0.25) is 4.79 Å². The highest BCUT2D eigenvalue weighted by atomic mass is 19.1. The molecule has 3 aromatic rings. The standard InChI is InChI=1S/C24H23F2N5O2.C2H6/c1-12(2)28-23(32)15-9-8-13(3)16(10-15)20-17-11-27-24(33)31(22(17)30-14(4)29-20)21-18(25)6-5-7-19(21)26;1-2/h5-10,12H,11H2,1-4H3,(H,27,33)(H,28,32);1-2H3. The molecule has 0 bridgehead atoms. The van der Waals surface area contributed by atoms with Crippen molar-refractivity contribution in [2.75, 3.05) is 4.90 Å². The molecule has 0 aliphatic carbocycles. The van der Waals surface area contributed by atoms with Gasteiger partial charge in [0.2, 0.25) is 0 Å². The third-order valence-corrected chi connectivity index (χ3v) is 5.26. The smallest absolute Gasteiger partial charge is 0.328 e. The number of benzene rings is 2. The van der Waals surface area contributed by atoms with Crippen molar-refractivity contribution in [1.29, 1.82) is 0 Å². The van der Waals surface area contributed by atoms with E-state index in [2.05, 4.69) is 20.6 Å². The maximum Gasteiger partial charge on any atom is 0.328 e. The third kappa shape index (κ3) is 5.13. The minimum atomic E-state index is -0.889. The molecule has 0 unspecified atom stereocenters. The van der Waals surface area contributed by atoms with Gasteiger partial charge in [-0.05, 0) is 57.5 Å². The Balaban J connectivity index is 0.00000167. The van der Waals surface area contributed by atoms with Gasteiger partial charge in [0.25, 0.3) is 5.91 Å². The SMILES string of the molecule is CC.Cc1nc(-c2cc(C(=O)NC(C)C)ccc2C)c2c(n1)N(c1c(F)cccc1F)C(=O)NC2. The van der Waals surface area contributed by atoms with Crippen LogP contribution >= 0.6 is 0 Å². The van der Waals surface area contributed by atoms with E-state index in [9.17, 15) is 18.4 Å². The third-order valence-electron chi connectivity index (χ3n) is 5.26. The van der Waals surface area contributed by atoms with Crippen LogP contribution in [-0.4, -0.2) is 27.9 Å². The van der Waals surface area contributed by atoms with Crippen LogP contribution in [0.2, 0.25) is 0 Å². The highest BCUT2D eigenvalue weighted by Crippen LogP contribution is 2.38. The van der Waals surface area contributed by atoms with Crippen molar-refractivity contribution >= 4 is 23.4 Å². The van der Waals surface area contributed by atoms with Gasteiger partial charge in [0.05, 0.1) is 12.2 Å². The van der Waals surface area contributed by atoms with E-state index in [1.165, 1.54) is 6.07 Å². The molecule has 0 saturated carbocycles. The number of hydrogen-bond donors (Lipinski definition) is 2. The molecule has 0 atom stereocenters. The van der Waals surface area contributed by atoms with Gasteiger partial charge in [-0.15, -0.1) is 0 Å². The van der Waals surface area contributed by atoms with E-state index in [4.69, 9.17) is 0 Å². The van der Waals surface area contributed by atoms with E-state index in [0.717, 1.165) is 22.6 Å². The molecule has 0 fully saturated rings. The summed E-state index contributed by atoms with van der Waals surface area (Å²) in [5, 5.41) is 5.51. The topological polar surface area (TPSA) is 87.2 Å². The number of hydrogen-bond acceptors (Lipinski definition) is 4. The molecule has 1 aliphatic rings. The number of fused-ring (bicyclic) bond motifs is 1. The van der Waals surface area contributed by atoms with Crippen LogP contribution in [0, 0.1) is 25.5 Å². The number of halogens is 2.